The van der Waals surface area contributed by atoms with Gasteiger partial charge in [0.1, 0.15) is 0 Å². The van der Waals surface area contributed by atoms with Gasteiger partial charge in [-0.3, -0.25) is 4.79 Å². The Morgan fingerprint density at radius 1 is 1.45 bits per heavy atom. The highest BCUT2D eigenvalue weighted by molar-refractivity contribution is 7.52. The second-order valence-electron chi connectivity index (χ2n) is 3.43. The fourth-order valence-electron chi connectivity index (χ4n) is 0.291. The molecule has 0 spiro atoms. The van der Waals surface area contributed by atoms with Gasteiger partial charge in [0.2, 0.25) is 0 Å². The van der Waals surface area contributed by atoms with Crippen molar-refractivity contribution in [2.24, 2.45) is 5.41 Å². The molecule has 1 atom stereocenters. The first-order chi connectivity index (χ1) is 4.63. The number of hydrogen-bond donors (Lipinski definition) is 1. The maximum absolute atomic E-state index is 10.9. The van der Waals surface area contributed by atoms with Crippen molar-refractivity contribution in [3.05, 3.63) is 0 Å². The quantitative estimate of drug-likeness (QED) is 0.619. The van der Waals surface area contributed by atoms with Crippen LogP contribution < -0.4 is 0 Å². The molecule has 0 amide bonds. The first-order valence-corrected chi connectivity index (χ1v) is 5.20. The summed E-state index contributed by atoms with van der Waals surface area (Å²) in [5, 5.41) is 0. The molecule has 1 N–H and O–H groups in total. The third kappa shape index (κ3) is 4.99. The Labute approximate surface area is 66.1 Å². The van der Waals surface area contributed by atoms with E-state index in [2.05, 4.69) is 4.52 Å². The summed E-state index contributed by atoms with van der Waals surface area (Å²) in [7, 11) is -3.67. The van der Waals surface area contributed by atoms with Gasteiger partial charge in [-0.25, -0.2) is 4.57 Å². The molecule has 0 aliphatic rings. The fourth-order valence-corrected chi connectivity index (χ4v) is 0.872. The molecule has 1 unspecified atom stereocenters. The SMILES string of the molecule is CC(C)(C)C(=O)OP(C)(=O)O. The van der Waals surface area contributed by atoms with Crippen LogP contribution in [0.2, 0.25) is 0 Å². The molecular formula is C6H13O4P. The van der Waals surface area contributed by atoms with Gasteiger partial charge in [0.25, 0.3) is 0 Å². The molecule has 0 bridgehead atoms. The first kappa shape index (κ1) is 10.7. The van der Waals surface area contributed by atoms with Crippen molar-refractivity contribution in [3.63, 3.8) is 0 Å². The van der Waals surface area contributed by atoms with E-state index in [4.69, 9.17) is 4.89 Å². The van der Waals surface area contributed by atoms with Crippen LogP contribution in [-0.2, 0) is 13.9 Å². The van der Waals surface area contributed by atoms with E-state index in [9.17, 15) is 9.36 Å². The topological polar surface area (TPSA) is 63.6 Å². The van der Waals surface area contributed by atoms with E-state index in [1.807, 2.05) is 0 Å². The summed E-state index contributed by atoms with van der Waals surface area (Å²) >= 11 is 0. The Balaban J connectivity index is 4.23. The number of carbonyl (C=O) groups is 1. The average Bonchev–Trinajstić information content (AvgIpc) is 1.56. The van der Waals surface area contributed by atoms with E-state index in [1.54, 1.807) is 20.8 Å². The Morgan fingerprint density at radius 2 is 1.82 bits per heavy atom. The zero-order chi connectivity index (χ0) is 9.28. The van der Waals surface area contributed by atoms with Gasteiger partial charge in [0.05, 0.1) is 5.41 Å². The maximum atomic E-state index is 10.9. The lowest BCUT2D eigenvalue weighted by Gasteiger charge is -2.17. The van der Waals surface area contributed by atoms with Crippen molar-refractivity contribution in [1.29, 1.82) is 0 Å². The Kier molecular flexibility index (Phi) is 2.86. The van der Waals surface area contributed by atoms with Crippen molar-refractivity contribution in [1.82, 2.24) is 0 Å². The molecule has 66 valence electrons. The molecule has 5 heteroatoms. The largest absolute Gasteiger partial charge is 0.391 e. The molecule has 0 aromatic heterocycles. The van der Waals surface area contributed by atoms with E-state index in [1.165, 1.54) is 0 Å². The minimum absolute atomic E-state index is 0.661. The fraction of sp³-hybridized carbons (Fsp3) is 0.833. The molecule has 0 heterocycles. The predicted molar refractivity (Wildman–Crippen MR) is 41.3 cm³/mol. The third-order valence-electron chi connectivity index (χ3n) is 0.865. The van der Waals surface area contributed by atoms with Crippen LogP contribution in [0, 0.1) is 5.41 Å². The molecule has 11 heavy (non-hydrogen) atoms. The zero-order valence-electron chi connectivity index (χ0n) is 7.12. The molecule has 0 aliphatic carbocycles. The molecule has 0 aromatic rings. The second kappa shape index (κ2) is 2.95. The summed E-state index contributed by atoms with van der Waals surface area (Å²) in [6.07, 6.45) is 0. The molecule has 0 aliphatic heterocycles. The first-order valence-electron chi connectivity index (χ1n) is 3.17. The van der Waals surface area contributed by atoms with E-state index in [0.29, 0.717) is 0 Å². The van der Waals surface area contributed by atoms with Crippen LogP contribution >= 0.6 is 7.60 Å². The van der Waals surface area contributed by atoms with Crippen molar-refractivity contribution in [2.75, 3.05) is 6.66 Å². The minimum Gasteiger partial charge on any atom is -0.391 e. The molecule has 0 saturated carbocycles. The van der Waals surface area contributed by atoms with Crippen molar-refractivity contribution in [2.45, 2.75) is 20.8 Å². The third-order valence-corrected chi connectivity index (χ3v) is 1.37. The van der Waals surface area contributed by atoms with Crippen molar-refractivity contribution < 1.29 is 18.8 Å². The van der Waals surface area contributed by atoms with Crippen molar-refractivity contribution >= 4 is 13.6 Å². The normalized spacial score (nSPS) is 17.2. The van der Waals surface area contributed by atoms with E-state index in [0.717, 1.165) is 6.66 Å². The van der Waals surface area contributed by atoms with Crippen LogP contribution in [0.5, 0.6) is 0 Å². The van der Waals surface area contributed by atoms with Crippen molar-refractivity contribution in [3.8, 4) is 0 Å². The lowest BCUT2D eigenvalue weighted by Crippen LogP contribution is -2.21. The predicted octanol–water partition coefficient (Wildman–Crippen LogP) is 1.39. The van der Waals surface area contributed by atoms with Gasteiger partial charge >= 0.3 is 13.6 Å². The number of carbonyl (C=O) groups excluding carboxylic acids is 1. The molecule has 4 nitrogen and oxygen atoms in total. The summed E-state index contributed by atoms with van der Waals surface area (Å²) in [5.74, 6) is -0.661. The minimum atomic E-state index is -3.67. The monoisotopic (exact) mass is 180 g/mol. The highest BCUT2D eigenvalue weighted by Gasteiger charge is 2.28. The van der Waals surface area contributed by atoms with Crippen LogP contribution in [0.3, 0.4) is 0 Å². The van der Waals surface area contributed by atoms with Gasteiger partial charge < -0.3 is 9.42 Å². The Bertz CT molecular complexity index is 197. The standard InChI is InChI=1S/C6H13O4P/c1-6(2,3)5(7)10-11(4,8)9/h1-4H3,(H,8,9). The summed E-state index contributed by atoms with van der Waals surface area (Å²) in [6.45, 7) is 5.83. The zero-order valence-corrected chi connectivity index (χ0v) is 8.01. The second-order valence-corrected chi connectivity index (χ2v) is 5.22. The molecular weight excluding hydrogens is 167 g/mol. The van der Waals surface area contributed by atoms with Gasteiger partial charge in [-0.2, -0.15) is 0 Å². The highest BCUT2D eigenvalue weighted by atomic mass is 31.2. The van der Waals surface area contributed by atoms with E-state index >= 15 is 0 Å². The number of rotatable bonds is 1. The Morgan fingerprint density at radius 3 is 1.91 bits per heavy atom. The van der Waals surface area contributed by atoms with Gasteiger partial charge in [0, 0.05) is 6.66 Å². The molecule has 0 fully saturated rings. The van der Waals surface area contributed by atoms with Crippen LogP contribution in [-0.4, -0.2) is 17.5 Å². The van der Waals surface area contributed by atoms with E-state index in [-0.39, 0.29) is 0 Å². The Hall–Kier alpha value is -0.340. The molecule has 0 rings (SSSR count). The van der Waals surface area contributed by atoms with Gasteiger partial charge in [0.15, 0.2) is 0 Å². The highest BCUT2D eigenvalue weighted by Crippen LogP contribution is 2.39. The smallest absolute Gasteiger partial charge is 0.375 e. The van der Waals surface area contributed by atoms with Crippen LogP contribution in [0.4, 0.5) is 0 Å². The maximum Gasteiger partial charge on any atom is 0.375 e. The van der Waals surface area contributed by atoms with Gasteiger partial charge in [-0.15, -0.1) is 0 Å². The lowest BCUT2D eigenvalue weighted by atomic mass is 9.98. The summed E-state index contributed by atoms with van der Waals surface area (Å²) in [4.78, 5) is 19.6. The van der Waals surface area contributed by atoms with Crippen LogP contribution in [0.1, 0.15) is 20.8 Å². The summed E-state index contributed by atoms with van der Waals surface area (Å²) < 4.78 is 14.9. The van der Waals surface area contributed by atoms with E-state index < -0.39 is 19.0 Å². The number of hydrogen-bond acceptors (Lipinski definition) is 3. The molecule has 0 radical (unpaired) electrons. The molecule has 0 aromatic carbocycles. The van der Waals surface area contributed by atoms with Crippen LogP contribution in [0.15, 0.2) is 0 Å². The lowest BCUT2D eigenvalue weighted by molar-refractivity contribution is -0.143. The summed E-state index contributed by atoms with van der Waals surface area (Å²) in [6, 6.07) is 0. The van der Waals surface area contributed by atoms with Crippen LogP contribution in [0.25, 0.3) is 0 Å². The van der Waals surface area contributed by atoms with Gasteiger partial charge in [-0.05, 0) is 20.8 Å². The van der Waals surface area contributed by atoms with Gasteiger partial charge in [-0.1, -0.05) is 0 Å². The molecule has 0 saturated heterocycles. The average molecular weight is 180 g/mol. The summed E-state index contributed by atoms with van der Waals surface area (Å²) in [5.41, 5.74) is -0.728.